The van der Waals surface area contributed by atoms with Gasteiger partial charge in [-0.15, -0.1) is 12.4 Å². The number of carbonyl (C=O) groups excluding carboxylic acids is 1. The lowest BCUT2D eigenvalue weighted by Gasteiger charge is -2.32. The van der Waals surface area contributed by atoms with Gasteiger partial charge in [-0.2, -0.15) is 0 Å². The van der Waals surface area contributed by atoms with Gasteiger partial charge < -0.3 is 10.6 Å². The fourth-order valence-corrected chi connectivity index (χ4v) is 1.38. The van der Waals surface area contributed by atoms with Gasteiger partial charge in [0.2, 0.25) is 5.91 Å². The van der Waals surface area contributed by atoms with Crippen molar-refractivity contribution in [3.05, 3.63) is 0 Å². The van der Waals surface area contributed by atoms with Crippen molar-refractivity contribution in [2.24, 2.45) is 17.1 Å². The van der Waals surface area contributed by atoms with E-state index >= 15 is 0 Å². The van der Waals surface area contributed by atoms with Crippen LogP contribution in [0.4, 0.5) is 0 Å². The molecule has 2 N–H and O–H groups in total. The highest BCUT2D eigenvalue weighted by Gasteiger charge is 2.30. The molecule has 0 aliphatic heterocycles. The molecule has 3 nitrogen and oxygen atoms in total. The number of hydrogen-bond donors (Lipinski definition) is 1. The Morgan fingerprint density at radius 3 is 2.00 bits per heavy atom. The van der Waals surface area contributed by atoms with Crippen LogP contribution in [0.25, 0.3) is 0 Å². The van der Waals surface area contributed by atoms with E-state index in [9.17, 15) is 4.79 Å². The van der Waals surface area contributed by atoms with Crippen molar-refractivity contribution >= 4 is 18.3 Å². The van der Waals surface area contributed by atoms with E-state index in [-0.39, 0.29) is 23.7 Å². The fourth-order valence-electron chi connectivity index (χ4n) is 1.38. The number of likely N-dealkylation sites (N-methyl/N-ethyl adjacent to an activating group) is 1. The summed E-state index contributed by atoms with van der Waals surface area (Å²) in [4.78, 5) is 13.9. The monoisotopic (exact) mass is 250 g/mol. The van der Waals surface area contributed by atoms with Crippen LogP contribution in [0.1, 0.15) is 41.5 Å². The molecular weight excluding hydrogens is 224 g/mol. The number of halogens is 1. The van der Waals surface area contributed by atoms with Crippen LogP contribution in [-0.2, 0) is 4.79 Å². The minimum atomic E-state index is -0.406. The van der Waals surface area contributed by atoms with Crippen molar-refractivity contribution in [2.75, 3.05) is 13.1 Å². The normalized spacial score (nSPS) is 13.2. The lowest BCUT2D eigenvalue weighted by molar-refractivity contribution is -0.135. The average Bonchev–Trinajstić information content (AvgIpc) is 2.10. The Kier molecular flexibility index (Phi) is 8.06. The Morgan fingerprint density at radius 1 is 1.31 bits per heavy atom. The first kappa shape index (κ1) is 18.1. The highest BCUT2D eigenvalue weighted by Crippen LogP contribution is 2.19. The summed E-state index contributed by atoms with van der Waals surface area (Å²) in [5.41, 5.74) is 5.79. The second-order valence-electron chi connectivity index (χ2n) is 5.61. The molecule has 0 heterocycles. The molecule has 0 fully saturated rings. The minimum Gasteiger partial charge on any atom is -0.341 e. The smallest absolute Gasteiger partial charge is 0.240 e. The van der Waals surface area contributed by atoms with E-state index in [1.54, 1.807) is 0 Å². The summed E-state index contributed by atoms with van der Waals surface area (Å²) in [5.74, 6) is 0.555. The summed E-state index contributed by atoms with van der Waals surface area (Å²) < 4.78 is 0. The topological polar surface area (TPSA) is 46.3 Å². The van der Waals surface area contributed by atoms with Crippen LogP contribution < -0.4 is 5.73 Å². The van der Waals surface area contributed by atoms with Crippen LogP contribution >= 0.6 is 12.4 Å². The first-order valence-electron chi connectivity index (χ1n) is 5.74. The van der Waals surface area contributed by atoms with Crippen molar-refractivity contribution in [2.45, 2.75) is 47.6 Å². The maximum absolute atomic E-state index is 12.1. The Hall–Kier alpha value is -0.280. The molecule has 0 saturated carbocycles. The molecule has 0 aromatic heterocycles. The number of nitrogens with two attached hydrogens (primary N) is 1. The largest absolute Gasteiger partial charge is 0.341 e. The molecule has 4 heteroatoms. The minimum absolute atomic E-state index is 0. The Balaban J connectivity index is 0. The maximum atomic E-state index is 12.1. The summed E-state index contributed by atoms with van der Waals surface area (Å²) in [6.07, 6.45) is 0. The van der Waals surface area contributed by atoms with Gasteiger partial charge in [0.15, 0.2) is 0 Å². The van der Waals surface area contributed by atoms with Crippen LogP contribution in [0.3, 0.4) is 0 Å². The number of hydrogen-bond acceptors (Lipinski definition) is 2. The van der Waals surface area contributed by atoms with Gasteiger partial charge in [0.05, 0.1) is 6.04 Å². The van der Waals surface area contributed by atoms with E-state index in [0.717, 1.165) is 13.1 Å². The van der Waals surface area contributed by atoms with Crippen molar-refractivity contribution < 1.29 is 4.79 Å². The van der Waals surface area contributed by atoms with Crippen molar-refractivity contribution in [1.82, 2.24) is 4.90 Å². The highest BCUT2D eigenvalue weighted by atomic mass is 35.5. The molecule has 16 heavy (non-hydrogen) atoms. The summed E-state index contributed by atoms with van der Waals surface area (Å²) >= 11 is 0. The molecule has 0 bridgehead atoms. The van der Waals surface area contributed by atoms with Gasteiger partial charge in [0.25, 0.3) is 0 Å². The predicted molar refractivity (Wildman–Crippen MR) is 71.8 cm³/mol. The van der Waals surface area contributed by atoms with E-state index in [0.29, 0.717) is 5.92 Å². The summed E-state index contributed by atoms with van der Waals surface area (Å²) in [6.45, 7) is 13.7. The van der Waals surface area contributed by atoms with Gasteiger partial charge in [0, 0.05) is 13.1 Å². The van der Waals surface area contributed by atoms with Gasteiger partial charge in [0.1, 0.15) is 0 Å². The lowest BCUT2D eigenvalue weighted by Crippen LogP contribution is -2.51. The van der Waals surface area contributed by atoms with Gasteiger partial charge in [-0.05, 0) is 18.3 Å². The zero-order valence-corrected chi connectivity index (χ0v) is 12.2. The number of rotatable bonds is 4. The standard InChI is InChI=1S/C12H26N2O.ClH/c1-7-14(8-9(2)3)11(15)10(13)12(4,5)6;/h9-10H,7-8,13H2,1-6H3;1H/t10-;/m1./s1. The van der Waals surface area contributed by atoms with Crippen LogP contribution in [0.2, 0.25) is 0 Å². The van der Waals surface area contributed by atoms with E-state index in [2.05, 4.69) is 13.8 Å². The Labute approximate surface area is 106 Å². The van der Waals surface area contributed by atoms with Gasteiger partial charge in [-0.1, -0.05) is 34.6 Å². The SMILES string of the molecule is CCN(CC(C)C)C(=O)[C@@H](N)C(C)(C)C.Cl. The maximum Gasteiger partial charge on any atom is 0.240 e. The summed E-state index contributed by atoms with van der Waals surface area (Å²) in [6, 6.07) is -0.406. The molecule has 0 radical (unpaired) electrons. The first-order valence-corrected chi connectivity index (χ1v) is 5.74. The fraction of sp³-hybridized carbons (Fsp3) is 0.917. The first-order chi connectivity index (χ1) is 6.70. The van der Waals surface area contributed by atoms with Gasteiger partial charge in [-0.3, -0.25) is 4.79 Å². The van der Waals surface area contributed by atoms with E-state index in [4.69, 9.17) is 5.73 Å². The Bertz CT molecular complexity index is 212. The molecule has 0 unspecified atom stereocenters. The zero-order chi connectivity index (χ0) is 12.2. The van der Waals surface area contributed by atoms with E-state index in [1.165, 1.54) is 0 Å². The molecule has 98 valence electrons. The van der Waals surface area contributed by atoms with Crippen molar-refractivity contribution in [1.29, 1.82) is 0 Å². The second kappa shape index (κ2) is 7.13. The molecule has 0 aliphatic rings. The third-order valence-corrected chi connectivity index (χ3v) is 2.48. The number of nitrogens with zero attached hydrogens (tertiary/aromatic N) is 1. The van der Waals surface area contributed by atoms with Crippen LogP contribution in [0.15, 0.2) is 0 Å². The van der Waals surface area contributed by atoms with E-state index in [1.807, 2.05) is 32.6 Å². The highest BCUT2D eigenvalue weighted by molar-refractivity contribution is 5.85. The van der Waals surface area contributed by atoms with Crippen LogP contribution in [-0.4, -0.2) is 29.9 Å². The van der Waals surface area contributed by atoms with Gasteiger partial charge in [-0.25, -0.2) is 0 Å². The quantitative estimate of drug-likeness (QED) is 0.832. The predicted octanol–water partition coefficient (Wildman–Crippen LogP) is 2.29. The molecule has 0 aromatic rings. The van der Waals surface area contributed by atoms with Crippen molar-refractivity contribution in [3.8, 4) is 0 Å². The molecule has 0 aliphatic carbocycles. The number of carbonyl (C=O) groups is 1. The molecule has 1 amide bonds. The zero-order valence-electron chi connectivity index (χ0n) is 11.4. The second-order valence-corrected chi connectivity index (χ2v) is 5.61. The molecule has 0 aromatic carbocycles. The molecule has 0 spiro atoms. The number of amides is 1. The molecular formula is C12H27ClN2O. The summed E-state index contributed by atoms with van der Waals surface area (Å²) in [7, 11) is 0. The lowest BCUT2D eigenvalue weighted by atomic mass is 9.86. The Morgan fingerprint density at radius 2 is 1.75 bits per heavy atom. The van der Waals surface area contributed by atoms with Crippen molar-refractivity contribution in [3.63, 3.8) is 0 Å². The van der Waals surface area contributed by atoms with Crippen LogP contribution in [0, 0.1) is 11.3 Å². The van der Waals surface area contributed by atoms with Gasteiger partial charge >= 0.3 is 0 Å². The average molecular weight is 251 g/mol. The molecule has 1 atom stereocenters. The third kappa shape index (κ3) is 5.71. The molecule has 0 rings (SSSR count). The third-order valence-electron chi connectivity index (χ3n) is 2.48. The van der Waals surface area contributed by atoms with E-state index < -0.39 is 6.04 Å². The molecule has 0 saturated heterocycles. The van der Waals surface area contributed by atoms with Crippen LogP contribution in [0.5, 0.6) is 0 Å². The summed E-state index contributed by atoms with van der Waals surface area (Å²) in [5, 5.41) is 0.